The molecule has 102 valence electrons. The zero-order valence-electron chi connectivity index (χ0n) is 10.1. The molecular weight excluding hydrogens is 258 g/mol. The number of imidazole rings is 1. The number of aromatic amines is 1. The molecule has 3 N–H and O–H groups in total. The van der Waals surface area contributed by atoms with Gasteiger partial charge in [-0.1, -0.05) is 6.92 Å². The van der Waals surface area contributed by atoms with E-state index in [-0.39, 0.29) is 18.6 Å². The summed E-state index contributed by atoms with van der Waals surface area (Å²) in [5.74, 6) is -0.640. The first-order valence-corrected chi connectivity index (χ1v) is 7.31. The van der Waals surface area contributed by atoms with Crippen LogP contribution in [0.3, 0.4) is 0 Å². The second-order valence-electron chi connectivity index (χ2n) is 3.87. The van der Waals surface area contributed by atoms with Crippen molar-refractivity contribution in [2.24, 2.45) is 0 Å². The Morgan fingerprint density at radius 3 is 2.83 bits per heavy atom. The summed E-state index contributed by atoms with van der Waals surface area (Å²) < 4.78 is 26.0. The number of rotatable bonds is 8. The van der Waals surface area contributed by atoms with Crippen molar-refractivity contribution in [1.82, 2.24) is 14.7 Å². The summed E-state index contributed by atoms with van der Waals surface area (Å²) in [5, 5.41) is 8.46. The summed E-state index contributed by atoms with van der Waals surface area (Å²) in [6.45, 7) is 1.84. The molecule has 0 aliphatic heterocycles. The van der Waals surface area contributed by atoms with Crippen LogP contribution in [0.25, 0.3) is 0 Å². The van der Waals surface area contributed by atoms with E-state index < -0.39 is 22.0 Å². The molecule has 0 bridgehead atoms. The molecule has 18 heavy (non-hydrogen) atoms. The fourth-order valence-corrected chi connectivity index (χ4v) is 2.84. The highest BCUT2D eigenvalue weighted by Crippen LogP contribution is 2.13. The Kier molecular flexibility index (Phi) is 5.29. The third-order valence-electron chi connectivity index (χ3n) is 2.38. The molecule has 0 spiro atoms. The Morgan fingerprint density at radius 2 is 2.33 bits per heavy atom. The molecule has 1 aromatic heterocycles. The first-order chi connectivity index (χ1) is 8.44. The summed E-state index contributed by atoms with van der Waals surface area (Å²) in [7, 11) is -3.49. The number of nitrogens with zero attached hydrogens (tertiary/aromatic N) is 1. The van der Waals surface area contributed by atoms with E-state index in [1.54, 1.807) is 12.4 Å². The molecule has 0 saturated heterocycles. The summed E-state index contributed by atoms with van der Waals surface area (Å²) in [6, 6.07) is -0.408. The molecule has 1 rings (SSSR count). The highest BCUT2D eigenvalue weighted by atomic mass is 32.2. The lowest BCUT2D eigenvalue weighted by molar-refractivity contribution is -0.137. The van der Waals surface area contributed by atoms with Crippen molar-refractivity contribution in [2.45, 2.75) is 32.2 Å². The molecule has 0 aliphatic rings. The summed E-state index contributed by atoms with van der Waals surface area (Å²) in [5.41, 5.74) is 0. The van der Waals surface area contributed by atoms with Crippen LogP contribution in [0.2, 0.25) is 0 Å². The van der Waals surface area contributed by atoms with Crippen LogP contribution in [-0.2, 0) is 14.8 Å². The van der Waals surface area contributed by atoms with Gasteiger partial charge in [0.05, 0.1) is 11.8 Å². The molecule has 1 unspecified atom stereocenters. The molecule has 7 nitrogen and oxygen atoms in total. The molecule has 0 radical (unpaired) electrons. The van der Waals surface area contributed by atoms with Gasteiger partial charge in [0.2, 0.25) is 10.0 Å². The highest BCUT2D eigenvalue weighted by molar-refractivity contribution is 7.89. The maximum absolute atomic E-state index is 11.7. The third-order valence-corrected chi connectivity index (χ3v) is 3.85. The van der Waals surface area contributed by atoms with Crippen molar-refractivity contribution in [3.05, 3.63) is 18.2 Å². The fraction of sp³-hybridized carbons (Fsp3) is 0.600. The van der Waals surface area contributed by atoms with Gasteiger partial charge in [0, 0.05) is 18.8 Å². The van der Waals surface area contributed by atoms with Crippen LogP contribution < -0.4 is 4.72 Å². The standard InChI is InChI=1S/C10H17N3O4S/c1-2-8(10-11-5-6-12-10)13-18(16,17)7-3-4-9(14)15/h5-6,8,13H,2-4,7H2,1H3,(H,11,12)(H,14,15). The molecule has 0 aromatic carbocycles. The summed E-state index contributed by atoms with van der Waals surface area (Å²) in [6.07, 6.45) is 3.68. The van der Waals surface area contributed by atoms with E-state index >= 15 is 0 Å². The predicted octanol–water partition coefficient (Wildman–Crippen LogP) is 0.645. The van der Waals surface area contributed by atoms with Gasteiger partial charge in [-0.3, -0.25) is 4.79 Å². The van der Waals surface area contributed by atoms with Gasteiger partial charge in [0.1, 0.15) is 5.82 Å². The van der Waals surface area contributed by atoms with Gasteiger partial charge in [0.25, 0.3) is 0 Å². The van der Waals surface area contributed by atoms with Crippen LogP contribution in [0.15, 0.2) is 12.4 Å². The quantitative estimate of drug-likeness (QED) is 0.644. The number of sulfonamides is 1. The normalized spacial score (nSPS) is 13.4. The van der Waals surface area contributed by atoms with Gasteiger partial charge in [-0.05, 0) is 12.8 Å². The molecule has 0 aliphatic carbocycles. The number of carbonyl (C=O) groups is 1. The minimum Gasteiger partial charge on any atom is -0.481 e. The molecule has 1 heterocycles. The van der Waals surface area contributed by atoms with Crippen LogP contribution >= 0.6 is 0 Å². The van der Waals surface area contributed by atoms with E-state index in [9.17, 15) is 13.2 Å². The van der Waals surface area contributed by atoms with Gasteiger partial charge < -0.3 is 10.1 Å². The Hall–Kier alpha value is -1.41. The number of nitrogens with one attached hydrogen (secondary N) is 2. The van der Waals surface area contributed by atoms with E-state index in [4.69, 9.17) is 5.11 Å². The molecule has 0 amide bonds. The number of H-pyrrole nitrogens is 1. The van der Waals surface area contributed by atoms with Crippen molar-refractivity contribution >= 4 is 16.0 Å². The largest absolute Gasteiger partial charge is 0.481 e. The highest BCUT2D eigenvalue weighted by Gasteiger charge is 2.19. The number of aliphatic carboxylic acids is 1. The number of carboxylic acids is 1. The fourth-order valence-electron chi connectivity index (χ4n) is 1.49. The van der Waals surface area contributed by atoms with Crippen LogP contribution in [0.4, 0.5) is 0 Å². The average Bonchev–Trinajstić information content (AvgIpc) is 2.78. The summed E-state index contributed by atoms with van der Waals surface area (Å²) >= 11 is 0. The Bertz CT molecular complexity index is 469. The topological polar surface area (TPSA) is 112 Å². The Labute approximate surface area is 106 Å². The SMILES string of the molecule is CCC(NS(=O)(=O)CCCC(=O)O)c1ncc[nH]1. The lowest BCUT2D eigenvalue weighted by Gasteiger charge is -2.14. The van der Waals surface area contributed by atoms with Crippen LogP contribution in [0.1, 0.15) is 38.1 Å². The van der Waals surface area contributed by atoms with E-state index in [1.165, 1.54) is 0 Å². The minimum absolute atomic E-state index is 0.0965. The zero-order chi connectivity index (χ0) is 13.6. The van der Waals surface area contributed by atoms with Crippen molar-refractivity contribution in [1.29, 1.82) is 0 Å². The Morgan fingerprint density at radius 1 is 1.61 bits per heavy atom. The van der Waals surface area contributed by atoms with Gasteiger partial charge in [-0.25, -0.2) is 18.1 Å². The van der Waals surface area contributed by atoms with Gasteiger partial charge in [-0.15, -0.1) is 0 Å². The molecular formula is C10H17N3O4S. The zero-order valence-corrected chi connectivity index (χ0v) is 10.9. The third kappa shape index (κ3) is 4.84. The van der Waals surface area contributed by atoms with Crippen LogP contribution in [-0.4, -0.2) is 35.2 Å². The van der Waals surface area contributed by atoms with E-state index in [0.717, 1.165) is 0 Å². The molecule has 1 atom stereocenters. The number of aromatic nitrogens is 2. The van der Waals surface area contributed by atoms with Gasteiger partial charge in [-0.2, -0.15) is 0 Å². The smallest absolute Gasteiger partial charge is 0.303 e. The second-order valence-corrected chi connectivity index (χ2v) is 5.74. The van der Waals surface area contributed by atoms with Crippen molar-refractivity contribution < 1.29 is 18.3 Å². The molecule has 8 heteroatoms. The lowest BCUT2D eigenvalue weighted by atomic mass is 10.2. The Balaban J connectivity index is 2.55. The van der Waals surface area contributed by atoms with Crippen molar-refractivity contribution in [3.8, 4) is 0 Å². The van der Waals surface area contributed by atoms with E-state index in [1.807, 2.05) is 6.92 Å². The maximum atomic E-state index is 11.7. The lowest BCUT2D eigenvalue weighted by Crippen LogP contribution is -2.31. The monoisotopic (exact) mass is 275 g/mol. The van der Waals surface area contributed by atoms with E-state index in [2.05, 4.69) is 14.7 Å². The van der Waals surface area contributed by atoms with Crippen molar-refractivity contribution in [2.75, 3.05) is 5.75 Å². The first kappa shape index (κ1) is 14.7. The predicted molar refractivity (Wildman–Crippen MR) is 65.4 cm³/mol. The number of hydrogen-bond acceptors (Lipinski definition) is 4. The minimum atomic E-state index is -3.49. The van der Waals surface area contributed by atoms with Crippen LogP contribution in [0, 0.1) is 0 Å². The molecule has 0 saturated carbocycles. The number of hydrogen-bond donors (Lipinski definition) is 3. The van der Waals surface area contributed by atoms with E-state index in [0.29, 0.717) is 12.2 Å². The maximum Gasteiger partial charge on any atom is 0.303 e. The van der Waals surface area contributed by atoms with Crippen LogP contribution in [0.5, 0.6) is 0 Å². The molecule has 0 fully saturated rings. The summed E-state index contributed by atoms with van der Waals surface area (Å²) in [4.78, 5) is 17.2. The van der Waals surface area contributed by atoms with Gasteiger partial charge in [0.15, 0.2) is 0 Å². The average molecular weight is 275 g/mol. The second kappa shape index (κ2) is 6.50. The first-order valence-electron chi connectivity index (χ1n) is 5.65. The van der Waals surface area contributed by atoms with Gasteiger partial charge >= 0.3 is 5.97 Å². The van der Waals surface area contributed by atoms with Crippen molar-refractivity contribution in [3.63, 3.8) is 0 Å². The molecule has 1 aromatic rings. The number of carboxylic acid groups (broad SMARTS) is 1.